The van der Waals surface area contributed by atoms with E-state index in [0.717, 1.165) is 56.1 Å². The van der Waals surface area contributed by atoms with Crippen LogP contribution in [-0.2, 0) is 17.8 Å². The number of aryl methyl sites for hydroxylation is 1. The molecule has 150 valence electrons. The summed E-state index contributed by atoms with van der Waals surface area (Å²) in [7, 11) is 4.14. The Bertz CT molecular complexity index is 790. The highest BCUT2D eigenvalue weighted by Gasteiger charge is 2.34. The maximum absolute atomic E-state index is 12.6. The van der Waals surface area contributed by atoms with Crippen LogP contribution in [0, 0.1) is 0 Å². The minimum absolute atomic E-state index is 0.249. The van der Waals surface area contributed by atoms with Gasteiger partial charge >= 0.3 is 0 Å². The van der Waals surface area contributed by atoms with Crippen LogP contribution in [0.15, 0.2) is 24.5 Å². The van der Waals surface area contributed by atoms with Gasteiger partial charge in [0.1, 0.15) is 11.6 Å². The van der Waals surface area contributed by atoms with E-state index in [2.05, 4.69) is 38.7 Å². The van der Waals surface area contributed by atoms with Crippen molar-refractivity contribution < 1.29 is 4.79 Å². The van der Waals surface area contributed by atoms with Gasteiger partial charge in [0.15, 0.2) is 0 Å². The monoisotopic (exact) mass is 382 g/mol. The van der Waals surface area contributed by atoms with Crippen LogP contribution in [0.5, 0.6) is 0 Å². The molecule has 2 aromatic rings. The van der Waals surface area contributed by atoms with Gasteiger partial charge in [-0.15, -0.1) is 10.2 Å². The minimum Gasteiger partial charge on any atom is -0.343 e. The first-order chi connectivity index (χ1) is 13.6. The molecule has 1 saturated carbocycles. The summed E-state index contributed by atoms with van der Waals surface area (Å²) in [6.07, 6.45) is 9.35. The van der Waals surface area contributed by atoms with Crippen LogP contribution in [0.1, 0.15) is 61.3 Å². The number of hydrogen-bond donors (Lipinski definition) is 0. The number of hydrogen-bond acceptors (Lipinski definition) is 5. The lowest BCUT2D eigenvalue weighted by Crippen LogP contribution is -2.38. The predicted octanol–water partition coefficient (Wildman–Crippen LogP) is 2.41. The van der Waals surface area contributed by atoms with Gasteiger partial charge in [0, 0.05) is 43.9 Å². The van der Waals surface area contributed by atoms with E-state index in [0.29, 0.717) is 18.4 Å². The van der Waals surface area contributed by atoms with Gasteiger partial charge in [-0.3, -0.25) is 9.78 Å². The summed E-state index contributed by atoms with van der Waals surface area (Å²) in [6, 6.07) is 4.54. The van der Waals surface area contributed by atoms with E-state index < -0.39 is 0 Å². The molecular weight excluding hydrogens is 352 g/mol. The largest absolute Gasteiger partial charge is 0.343 e. The summed E-state index contributed by atoms with van der Waals surface area (Å²) in [5.74, 6) is 2.88. The van der Waals surface area contributed by atoms with E-state index in [1.54, 1.807) is 6.20 Å². The first kappa shape index (κ1) is 19.1. The maximum Gasteiger partial charge on any atom is 0.222 e. The molecule has 1 aliphatic carbocycles. The highest BCUT2D eigenvalue weighted by atomic mass is 16.2. The normalized spacial score (nSPS) is 18.0. The molecule has 0 radical (unpaired) electrons. The van der Waals surface area contributed by atoms with Crippen molar-refractivity contribution in [2.24, 2.45) is 0 Å². The van der Waals surface area contributed by atoms with Crippen molar-refractivity contribution in [2.75, 3.05) is 27.2 Å². The van der Waals surface area contributed by atoms with Crippen LogP contribution in [0.4, 0.5) is 0 Å². The third-order valence-corrected chi connectivity index (χ3v) is 5.73. The lowest BCUT2D eigenvalue weighted by atomic mass is 9.95. The summed E-state index contributed by atoms with van der Waals surface area (Å²) in [4.78, 5) is 20.9. The molecule has 2 aromatic heterocycles. The third kappa shape index (κ3) is 4.41. The summed E-state index contributed by atoms with van der Waals surface area (Å²) in [5.41, 5.74) is 1.12. The van der Waals surface area contributed by atoms with Gasteiger partial charge in [-0.1, -0.05) is 6.07 Å². The zero-order valence-electron chi connectivity index (χ0n) is 16.9. The second-order valence-corrected chi connectivity index (χ2v) is 8.33. The smallest absolute Gasteiger partial charge is 0.222 e. The van der Waals surface area contributed by atoms with Crippen LogP contribution in [0.25, 0.3) is 0 Å². The summed E-state index contributed by atoms with van der Waals surface area (Å²) >= 11 is 0. The molecule has 28 heavy (non-hydrogen) atoms. The first-order valence-electron chi connectivity index (χ1n) is 10.4. The molecule has 2 aliphatic rings. The van der Waals surface area contributed by atoms with Gasteiger partial charge in [0.05, 0.1) is 6.54 Å². The third-order valence-electron chi connectivity index (χ3n) is 5.73. The molecule has 7 nitrogen and oxygen atoms in total. The maximum atomic E-state index is 12.6. The minimum atomic E-state index is 0.249. The molecule has 2 fully saturated rings. The topological polar surface area (TPSA) is 67.2 Å². The fraction of sp³-hybridized carbons (Fsp3) is 0.619. The Morgan fingerprint density at radius 3 is 2.61 bits per heavy atom. The molecule has 0 atom stereocenters. The number of piperidine rings is 1. The number of amides is 1. The molecule has 0 aromatic carbocycles. The molecule has 0 bridgehead atoms. The number of nitrogens with zero attached hydrogens (tertiary/aromatic N) is 6. The van der Waals surface area contributed by atoms with Crippen molar-refractivity contribution in [2.45, 2.75) is 57.0 Å². The Labute approximate surface area is 166 Å². The second kappa shape index (κ2) is 8.39. The van der Waals surface area contributed by atoms with Gasteiger partial charge in [-0.2, -0.15) is 0 Å². The molecule has 4 rings (SSSR count). The van der Waals surface area contributed by atoms with Crippen molar-refractivity contribution in [1.29, 1.82) is 0 Å². The lowest BCUT2D eigenvalue weighted by molar-refractivity contribution is -0.132. The van der Waals surface area contributed by atoms with Gasteiger partial charge in [0.2, 0.25) is 5.91 Å². The van der Waals surface area contributed by atoms with Crippen molar-refractivity contribution >= 4 is 5.91 Å². The fourth-order valence-electron chi connectivity index (χ4n) is 4.08. The zero-order chi connectivity index (χ0) is 19.5. The number of likely N-dealkylation sites (tertiary alicyclic amines) is 1. The standard InChI is InChI=1S/C21H30N6O/c1-25(2)15-19-23-24-21(27(19)18-6-7-18)17-9-12-26(13-10-17)20(28)8-5-16-4-3-11-22-14-16/h3-4,11,14,17-18H,5-10,12-13,15H2,1-2H3. The molecule has 0 spiro atoms. The first-order valence-corrected chi connectivity index (χ1v) is 10.4. The Balaban J connectivity index is 1.34. The van der Waals surface area contributed by atoms with E-state index in [4.69, 9.17) is 0 Å². The summed E-state index contributed by atoms with van der Waals surface area (Å²) in [6.45, 7) is 2.46. The zero-order valence-corrected chi connectivity index (χ0v) is 16.9. The Kier molecular flexibility index (Phi) is 5.71. The van der Waals surface area contributed by atoms with E-state index in [9.17, 15) is 4.79 Å². The Morgan fingerprint density at radius 2 is 1.96 bits per heavy atom. The molecule has 0 N–H and O–H groups in total. The summed E-state index contributed by atoms with van der Waals surface area (Å²) < 4.78 is 2.39. The SMILES string of the molecule is CN(C)Cc1nnc(C2CCN(C(=O)CCc3cccnc3)CC2)n1C1CC1. The highest BCUT2D eigenvalue weighted by Crippen LogP contribution is 2.40. The fourth-order valence-corrected chi connectivity index (χ4v) is 4.08. The van der Waals surface area contributed by atoms with Crippen LogP contribution in [0.3, 0.4) is 0 Å². The molecule has 3 heterocycles. The van der Waals surface area contributed by atoms with Crippen LogP contribution in [-0.4, -0.2) is 62.6 Å². The van der Waals surface area contributed by atoms with Crippen LogP contribution < -0.4 is 0 Å². The molecule has 1 saturated heterocycles. The highest BCUT2D eigenvalue weighted by molar-refractivity contribution is 5.76. The number of carbonyl (C=O) groups is 1. The average molecular weight is 383 g/mol. The lowest BCUT2D eigenvalue weighted by Gasteiger charge is -2.32. The van der Waals surface area contributed by atoms with Crippen molar-refractivity contribution in [1.82, 2.24) is 29.5 Å². The molecule has 0 unspecified atom stereocenters. The Hall–Kier alpha value is -2.28. The van der Waals surface area contributed by atoms with Gasteiger partial charge < -0.3 is 14.4 Å². The molecule has 7 heteroatoms. The van der Waals surface area contributed by atoms with Crippen molar-refractivity contribution in [3.05, 3.63) is 41.7 Å². The number of carbonyl (C=O) groups excluding carboxylic acids is 1. The molecular formula is C21H30N6O. The Morgan fingerprint density at radius 1 is 1.18 bits per heavy atom. The number of rotatable bonds is 7. The average Bonchev–Trinajstić information content (AvgIpc) is 3.47. The van der Waals surface area contributed by atoms with E-state index in [-0.39, 0.29) is 5.91 Å². The number of aromatic nitrogens is 4. The van der Waals surface area contributed by atoms with Crippen LogP contribution in [0.2, 0.25) is 0 Å². The molecule has 1 amide bonds. The predicted molar refractivity (Wildman–Crippen MR) is 107 cm³/mol. The van der Waals surface area contributed by atoms with Gasteiger partial charge in [-0.25, -0.2) is 0 Å². The number of pyridine rings is 1. The quantitative estimate of drug-likeness (QED) is 0.736. The summed E-state index contributed by atoms with van der Waals surface area (Å²) in [5, 5.41) is 9.07. The molecule has 1 aliphatic heterocycles. The second-order valence-electron chi connectivity index (χ2n) is 8.33. The van der Waals surface area contributed by atoms with Crippen molar-refractivity contribution in [3.63, 3.8) is 0 Å². The van der Waals surface area contributed by atoms with Crippen LogP contribution >= 0.6 is 0 Å². The van der Waals surface area contributed by atoms with E-state index in [1.165, 1.54) is 12.8 Å². The van der Waals surface area contributed by atoms with E-state index >= 15 is 0 Å². The van der Waals surface area contributed by atoms with Gasteiger partial charge in [0.25, 0.3) is 0 Å². The van der Waals surface area contributed by atoms with Gasteiger partial charge in [-0.05, 0) is 57.8 Å². The van der Waals surface area contributed by atoms with E-state index in [1.807, 2.05) is 23.2 Å². The van der Waals surface area contributed by atoms with Crippen molar-refractivity contribution in [3.8, 4) is 0 Å².